The summed E-state index contributed by atoms with van der Waals surface area (Å²) in [4.78, 5) is 12.3. The summed E-state index contributed by atoms with van der Waals surface area (Å²) in [5.74, 6) is -0.826. The average molecular weight is 329 g/mol. The zero-order chi connectivity index (χ0) is 17.5. The number of amides is 1. The standard InChI is InChI=1S/C14H18F3N5O/c1-7-6-18-22(5)11(7)13(23)19-12(14(15,16)17)10-8(2)20-21(4)9(10)3/h6,12H,1-5H3,(H,19,23). The van der Waals surface area contributed by atoms with Gasteiger partial charge < -0.3 is 5.32 Å². The molecular weight excluding hydrogens is 311 g/mol. The minimum Gasteiger partial charge on any atom is -0.335 e. The van der Waals surface area contributed by atoms with Crippen molar-refractivity contribution in [1.82, 2.24) is 24.9 Å². The van der Waals surface area contributed by atoms with Crippen molar-refractivity contribution >= 4 is 5.91 Å². The van der Waals surface area contributed by atoms with E-state index < -0.39 is 18.1 Å². The molecule has 2 rings (SSSR count). The largest absolute Gasteiger partial charge is 0.413 e. The molecule has 0 saturated carbocycles. The Kier molecular flexibility index (Phi) is 4.23. The van der Waals surface area contributed by atoms with Crippen molar-refractivity contribution < 1.29 is 18.0 Å². The molecule has 0 saturated heterocycles. The molecule has 9 heteroatoms. The number of rotatable bonds is 3. The van der Waals surface area contributed by atoms with Crippen LogP contribution in [0.2, 0.25) is 0 Å². The van der Waals surface area contributed by atoms with Crippen LogP contribution in [0, 0.1) is 20.8 Å². The van der Waals surface area contributed by atoms with Gasteiger partial charge in [0.15, 0.2) is 6.04 Å². The van der Waals surface area contributed by atoms with Gasteiger partial charge in [0.1, 0.15) is 5.69 Å². The molecule has 1 amide bonds. The first kappa shape index (κ1) is 17.0. The zero-order valence-electron chi connectivity index (χ0n) is 13.5. The van der Waals surface area contributed by atoms with Crippen LogP contribution in [0.15, 0.2) is 6.20 Å². The van der Waals surface area contributed by atoms with Gasteiger partial charge in [-0.25, -0.2) is 0 Å². The second-order valence-electron chi connectivity index (χ2n) is 5.46. The molecule has 0 aliphatic carbocycles. The Morgan fingerprint density at radius 3 is 2.22 bits per heavy atom. The third-order valence-corrected chi connectivity index (χ3v) is 3.79. The Morgan fingerprint density at radius 1 is 1.22 bits per heavy atom. The number of aryl methyl sites for hydroxylation is 4. The number of carbonyl (C=O) groups is 1. The van der Waals surface area contributed by atoms with Crippen molar-refractivity contribution in [3.63, 3.8) is 0 Å². The van der Waals surface area contributed by atoms with E-state index in [0.29, 0.717) is 11.3 Å². The monoisotopic (exact) mass is 329 g/mol. The van der Waals surface area contributed by atoms with Gasteiger partial charge in [0, 0.05) is 25.4 Å². The number of hydrogen-bond donors (Lipinski definition) is 1. The summed E-state index contributed by atoms with van der Waals surface area (Å²) in [6.07, 6.45) is -3.21. The highest BCUT2D eigenvalue weighted by molar-refractivity contribution is 5.94. The van der Waals surface area contributed by atoms with Crippen LogP contribution < -0.4 is 5.32 Å². The van der Waals surface area contributed by atoms with E-state index in [1.807, 2.05) is 0 Å². The van der Waals surface area contributed by atoms with Gasteiger partial charge in [0.2, 0.25) is 0 Å². The minimum atomic E-state index is -4.64. The first-order valence-electron chi connectivity index (χ1n) is 6.90. The highest BCUT2D eigenvalue weighted by Gasteiger charge is 2.45. The third-order valence-electron chi connectivity index (χ3n) is 3.79. The van der Waals surface area contributed by atoms with E-state index in [4.69, 9.17) is 0 Å². The fourth-order valence-corrected chi connectivity index (χ4v) is 2.60. The van der Waals surface area contributed by atoms with Crippen molar-refractivity contribution in [2.75, 3.05) is 0 Å². The Hall–Kier alpha value is -2.32. The van der Waals surface area contributed by atoms with Gasteiger partial charge >= 0.3 is 6.18 Å². The summed E-state index contributed by atoms with van der Waals surface area (Å²) < 4.78 is 43.1. The molecule has 2 aromatic heterocycles. The Morgan fingerprint density at radius 2 is 1.83 bits per heavy atom. The Balaban J connectivity index is 2.44. The van der Waals surface area contributed by atoms with E-state index in [9.17, 15) is 18.0 Å². The molecule has 0 aromatic carbocycles. The summed E-state index contributed by atoms with van der Waals surface area (Å²) >= 11 is 0. The van der Waals surface area contributed by atoms with Crippen LogP contribution in [0.4, 0.5) is 13.2 Å². The minimum absolute atomic E-state index is 0.0341. The lowest BCUT2D eigenvalue weighted by Crippen LogP contribution is -2.39. The van der Waals surface area contributed by atoms with Crippen LogP contribution in [-0.4, -0.2) is 31.6 Å². The molecule has 1 atom stereocenters. The van der Waals surface area contributed by atoms with Gasteiger partial charge in [0.25, 0.3) is 5.91 Å². The molecule has 2 aromatic rings. The quantitative estimate of drug-likeness (QED) is 0.938. The molecule has 0 bridgehead atoms. The summed E-state index contributed by atoms with van der Waals surface area (Å²) in [7, 11) is 3.07. The van der Waals surface area contributed by atoms with Crippen molar-refractivity contribution in [3.8, 4) is 0 Å². The van der Waals surface area contributed by atoms with Gasteiger partial charge in [0.05, 0.1) is 11.9 Å². The van der Waals surface area contributed by atoms with Gasteiger partial charge in [-0.2, -0.15) is 23.4 Å². The second-order valence-corrected chi connectivity index (χ2v) is 5.46. The topological polar surface area (TPSA) is 64.7 Å². The van der Waals surface area contributed by atoms with Crippen LogP contribution in [0.25, 0.3) is 0 Å². The van der Waals surface area contributed by atoms with E-state index in [0.717, 1.165) is 0 Å². The predicted octanol–water partition coefficient (Wildman–Crippen LogP) is 2.11. The van der Waals surface area contributed by atoms with E-state index in [-0.39, 0.29) is 17.0 Å². The summed E-state index contributed by atoms with van der Waals surface area (Å²) in [6, 6.07) is -2.13. The van der Waals surface area contributed by atoms with Gasteiger partial charge in [-0.15, -0.1) is 0 Å². The fourth-order valence-electron chi connectivity index (χ4n) is 2.60. The maximum absolute atomic E-state index is 13.5. The molecule has 2 heterocycles. The number of aromatic nitrogens is 4. The highest BCUT2D eigenvalue weighted by atomic mass is 19.4. The normalized spacial score (nSPS) is 13.2. The Labute approximate surface area is 131 Å². The first-order valence-corrected chi connectivity index (χ1v) is 6.90. The number of hydrogen-bond acceptors (Lipinski definition) is 3. The summed E-state index contributed by atoms with van der Waals surface area (Å²) in [5.41, 5.74) is 1.15. The number of alkyl halides is 3. The van der Waals surface area contributed by atoms with Crippen LogP contribution in [0.3, 0.4) is 0 Å². The molecule has 0 radical (unpaired) electrons. The fraction of sp³-hybridized carbons (Fsp3) is 0.500. The van der Waals surface area contributed by atoms with Crippen LogP contribution >= 0.6 is 0 Å². The van der Waals surface area contributed by atoms with E-state index in [1.165, 1.54) is 36.5 Å². The molecule has 126 valence electrons. The maximum Gasteiger partial charge on any atom is 0.413 e. The molecule has 1 N–H and O–H groups in total. The van der Waals surface area contributed by atoms with E-state index in [1.54, 1.807) is 14.0 Å². The maximum atomic E-state index is 13.5. The third kappa shape index (κ3) is 3.08. The van der Waals surface area contributed by atoms with E-state index in [2.05, 4.69) is 15.5 Å². The lowest BCUT2D eigenvalue weighted by atomic mass is 10.0. The molecule has 6 nitrogen and oxygen atoms in total. The lowest BCUT2D eigenvalue weighted by Gasteiger charge is -2.22. The van der Waals surface area contributed by atoms with E-state index >= 15 is 0 Å². The van der Waals surface area contributed by atoms with Crippen LogP contribution in [-0.2, 0) is 14.1 Å². The average Bonchev–Trinajstić information content (AvgIpc) is 2.87. The van der Waals surface area contributed by atoms with Crippen molar-refractivity contribution in [3.05, 3.63) is 34.4 Å². The molecule has 23 heavy (non-hydrogen) atoms. The summed E-state index contributed by atoms with van der Waals surface area (Å²) in [5, 5.41) is 9.95. The van der Waals surface area contributed by atoms with Crippen molar-refractivity contribution in [1.29, 1.82) is 0 Å². The Bertz CT molecular complexity index is 725. The SMILES string of the molecule is Cc1cnn(C)c1C(=O)NC(c1c(C)nn(C)c1C)C(F)(F)F. The van der Waals surface area contributed by atoms with Gasteiger partial charge in [-0.05, 0) is 26.3 Å². The molecule has 0 aliphatic rings. The molecule has 1 unspecified atom stereocenters. The molecule has 0 aliphatic heterocycles. The van der Waals surface area contributed by atoms with Crippen molar-refractivity contribution in [2.45, 2.75) is 33.0 Å². The van der Waals surface area contributed by atoms with Crippen LogP contribution in [0.1, 0.15) is 39.0 Å². The molecular formula is C14H18F3N5O. The second kappa shape index (κ2) is 5.71. The lowest BCUT2D eigenvalue weighted by molar-refractivity contribution is -0.155. The summed E-state index contributed by atoms with van der Waals surface area (Å²) in [6.45, 7) is 4.64. The zero-order valence-corrected chi connectivity index (χ0v) is 13.5. The number of nitrogens with one attached hydrogen (secondary N) is 1. The number of nitrogens with zero attached hydrogens (tertiary/aromatic N) is 4. The highest BCUT2D eigenvalue weighted by Crippen LogP contribution is 2.36. The first-order chi connectivity index (χ1) is 10.5. The van der Waals surface area contributed by atoms with Gasteiger partial charge in [-0.1, -0.05) is 0 Å². The number of halogens is 3. The molecule has 0 spiro atoms. The molecule has 0 fully saturated rings. The smallest absolute Gasteiger partial charge is 0.335 e. The van der Waals surface area contributed by atoms with Crippen LogP contribution in [0.5, 0.6) is 0 Å². The predicted molar refractivity (Wildman–Crippen MR) is 76.9 cm³/mol. The van der Waals surface area contributed by atoms with Crippen molar-refractivity contribution in [2.24, 2.45) is 14.1 Å². The van der Waals surface area contributed by atoms with Gasteiger partial charge in [-0.3, -0.25) is 14.2 Å². The number of carbonyl (C=O) groups excluding carboxylic acids is 1.